The van der Waals surface area contributed by atoms with E-state index in [1.54, 1.807) is 24.3 Å². The summed E-state index contributed by atoms with van der Waals surface area (Å²) in [6, 6.07) is 14.5. The van der Waals surface area contributed by atoms with Gasteiger partial charge in [-0.3, -0.25) is 9.59 Å². The van der Waals surface area contributed by atoms with Gasteiger partial charge in [-0.2, -0.15) is 0 Å². The summed E-state index contributed by atoms with van der Waals surface area (Å²) >= 11 is 7.41. The van der Waals surface area contributed by atoms with Crippen LogP contribution in [0.3, 0.4) is 0 Å². The van der Waals surface area contributed by atoms with Crippen molar-refractivity contribution in [3.8, 4) is 0 Å². The second-order valence-corrected chi connectivity index (χ2v) is 8.56. The Morgan fingerprint density at radius 2 is 1.97 bits per heavy atom. The Balaban J connectivity index is 1.64. The molecule has 1 fully saturated rings. The predicted octanol–water partition coefficient (Wildman–Crippen LogP) is 4.76. The number of thioether (sulfide) groups is 1. The van der Waals surface area contributed by atoms with Crippen LogP contribution in [0.25, 0.3) is 0 Å². The fraction of sp³-hybridized carbons (Fsp3) is 0.364. The molecular formula is C22H25ClN2O3S. The van der Waals surface area contributed by atoms with Gasteiger partial charge >= 0.3 is 0 Å². The highest BCUT2D eigenvalue weighted by molar-refractivity contribution is 8.00. The van der Waals surface area contributed by atoms with Crippen LogP contribution in [0.15, 0.2) is 53.4 Å². The lowest BCUT2D eigenvalue weighted by atomic mass is 10.1. The van der Waals surface area contributed by atoms with E-state index < -0.39 is 0 Å². The molecule has 0 bridgehead atoms. The van der Waals surface area contributed by atoms with Gasteiger partial charge in [0, 0.05) is 23.1 Å². The van der Waals surface area contributed by atoms with Crippen LogP contribution < -0.4 is 10.6 Å². The zero-order valence-electron chi connectivity index (χ0n) is 16.3. The third-order valence-electron chi connectivity index (χ3n) is 4.70. The summed E-state index contributed by atoms with van der Waals surface area (Å²) in [5, 5.41) is 6.22. The number of nitrogens with one attached hydrogen (secondary N) is 2. The fourth-order valence-electron chi connectivity index (χ4n) is 3.11. The standard InChI is InChI=1S/C22H25ClN2O3S/c1-2-20(29-17-11-9-15(23)10-12-17)22(27)25-19-8-4-3-7-18(19)21(26)24-14-16-6-5-13-28-16/h3-4,7-12,16,20H,2,5-6,13-14H2,1H3,(H,24,26)(H,25,27)/t16-,20+/m0/s1. The molecule has 1 aliphatic heterocycles. The molecule has 1 aliphatic rings. The van der Waals surface area contributed by atoms with Crippen molar-refractivity contribution in [1.82, 2.24) is 5.32 Å². The molecule has 2 aromatic rings. The lowest BCUT2D eigenvalue weighted by molar-refractivity contribution is -0.115. The Kier molecular flexibility index (Phi) is 7.98. The molecule has 154 valence electrons. The van der Waals surface area contributed by atoms with E-state index in [9.17, 15) is 9.59 Å². The fourth-order valence-corrected chi connectivity index (χ4v) is 4.19. The minimum absolute atomic E-state index is 0.0703. The summed E-state index contributed by atoms with van der Waals surface area (Å²) in [7, 11) is 0. The van der Waals surface area contributed by atoms with Crippen LogP contribution in [0, 0.1) is 0 Å². The molecule has 2 amide bonds. The number of hydrogen-bond donors (Lipinski definition) is 2. The molecule has 0 saturated carbocycles. The number of para-hydroxylation sites is 1. The van der Waals surface area contributed by atoms with Crippen LogP contribution >= 0.6 is 23.4 Å². The van der Waals surface area contributed by atoms with Gasteiger partial charge in [-0.05, 0) is 55.7 Å². The number of carbonyl (C=O) groups excluding carboxylic acids is 2. The molecule has 0 aromatic heterocycles. The second kappa shape index (κ2) is 10.7. The number of halogens is 1. The molecule has 0 aliphatic carbocycles. The van der Waals surface area contributed by atoms with Crippen molar-refractivity contribution in [3.05, 3.63) is 59.1 Å². The molecule has 2 N–H and O–H groups in total. The Bertz CT molecular complexity index is 838. The number of benzene rings is 2. The van der Waals surface area contributed by atoms with Crippen molar-refractivity contribution in [2.24, 2.45) is 0 Å². The van der Waals surface area contributed by atoms with E-state index in [4.69, 9.17) is 16.3 Å². The van der Waals surface area contributed by atoms with Crippen molar-refractivity contribution in [1.29, 1.82) is 0 Å². The van der Waals surface area contributed by atoms with E-state index >= 15 is 0 Å². The average Bonchev–Trinajstić information content (AvgIpc) is 3.25. The normalized spacial score (nSPS) is 17.0. The Labute approximate surface area is 180 Å². The summed E-state index contributed by atoms with van der Waals surface area (Å²) in [6.07, 6.45) is 2.71. The van der Waals surface area contributed by atoms with Gasteiger partial charge < -0.3 is 15.4 Å². The highest BCUT2D eigenvalue weighted by atomic mass is 35.5. The van der Waals surface area contributed by atoms with Crippen LogP contribution in [-0.2, 0) is 9.53 Å². The lowest BCUT2D eigenvalue weighted by Gasteiger charge is -2.17. The van der Waals surface area contributed by atoms with Gasteiger partial charge in [0.05, 0.1) is 22.6 Å². The molecular weight excluding hydrogens is 408 g/mol. The van der Waals surface area contributed by atoms with E-state index in [1.807, 2.05) is 31.2 Å². The monoisotopic (exact) mass is 432 g/mol. The molecule has 1 heterocycles. The van der Waals surface area contributed by atoms with Crippen molar-refractivity contribution in [2.45, 2.75) is 42.4 Å². The SMILES string of the molecule is CC[C@@H](Sc1ccc(Cl)cc1)C(=O)Nc1ccccc1C(=O)NC[C@@H]1CCCO1. The van der Waals surface area contributed by atoms with Gasteiger partial charge in [-0.15, -0.1) is 11.8 Å². The van der Waals surface area contributed by atoms with Gasteiger partial charge in [0.1, 0.15) is 0 Å². The van der Waals surface area contributed by atoms with E-state index in [-0.39, 0.29) is 23.2 Å². The molecule has 7 heteroatoms. The number of amides is 2. The predicted molar refractivity (Wildman–Crippen MR) is 118 cm³/mol. The molecule has 1 saturated heterocycles. The number of ether oxygens (including phenoxy) is 1. The van der Waals surface area contributed by atoms with E-state index in [1.165, 1.54) is 11.8 Å². The molecule has 29 heavy (non-hydrogen) atoms. The topological polar surface area (TPSA) is 67.4 Å². The first-order chi connectivity index (χ1) is 14.1. The summed E-state index contributed by atoms with van der Waals surface area (Å²) in [6.45, 7) is 3.19. The van der Waals surface area contributed by atoms with Crippen LogP contribution in [0.4, 0.5) is 5.69 Å². The van der Waals surface area contributed by atoms with Crippen LogP contribution in [0.1, 0.15) is 36.5 Å². The van der Waals surface area contributed by atoms with Crippen LogP contribution in [0.5, 0.6) is 0 Å². The largest absolute Gasteiger partial charge is 0.376 e. The first-order valence-corrected chi connectivity index (χ1v) is 11.0. The maximum absolute atomic E-state index is 12.8. The summed E-state index contributed by atoms with van der Waals surface area (Å²) in [5.41, 5.74) is 0.961. The first kappa shape index (κ1) is 21.7. The molecule has 0 radical (unpaired) electrons. The van der Waals surface area contributed by atoms with Gasteiger partial charge in [0.25, 0.3) is 5.91 Å². The molecule has 2 atom stereocenters. The number of hydrogen-bond acceptors (Lipinski definition) is 4. The zero-order chi connectivity index (χ0) is 20.6. The van der Waals surface area contributed by atoms with Crippen LogP contribution in [-0.4, -0.2) is 36.3 Å². The highest BCUT2D eigenvalue weighted by Crippen LogP contribution is 2.28. The third kappa shape index (κ3) is 6.23. The number of rotatable bonds is 8. The maximum Gasteiger partial charge on any atom is 0.253 e. The van der Waals surface area contributed by atoms with Gasteiger partial charge in [0.2, 0.25) is 5.91 Å². The van der Waals surface area contributed by atoms with E-state index in [0.717, 1.165) is 24.3 Å². The summed E-state index contributed by atoms with van der Waals surface area (Å²) < 4.78 is 5.55. The minimum atomic E-state index is -0.279. The van der Waals surface area contributed by atoms with E-state index in [2.05, 4.69) is 10.6 Å². The maximum atomic E-state index is 12.8. The average molecular weight is 433 g/mol. The van der Waals surface area contributed by atoms with Gasteiger partial charge in [-0.25, -0.2) is 0 Å². The minimum Gasteiger partial charge on any atom is -0.376 e. The van der Waals surface area contributed by atoms with Gasteiger partial charge in [0.15, 0.2) is 0 Å². The van der Waals surface area contributed by atoms with Crippen molar-refractivity contribution >= 4 is 40.9 Å². The second-order valence-electron chi connectivity index (χ2n) is 6.85. The summed E-state index contributed by atoms with van der Waals surface area (Å²) in [4.78, 5) is 26.4. The zero-order valence-corrected chi connectivity index (χ0v) is 17.9. The van der Waals surface area contributed by atoms with Crippen molar-refractivity contribution in [3.63, 3.8) is 0 Å². The smallest absolute Gasteiger partial charge is 0.253 e. The summed E-state index contributed by atoms with van der Waals surface area (Å²) in [5.74, 6) is -0.346. The van der Waals surface area contributed by atoms with Crippen LogP contribution in [0.2, 0.25) is 5.02 Å². The van der Waals surface area contributed by atoms with Crippen molar-refractivity contribution in [2.75, 3.05) is 18.5 Å². The van der Waals surface area contributed by atoms with E-state index in [0.29, 0.717) is 29.2 Å². The van der Waals surface area contributed by atoms with Crippen molar-refractivity contribution < 1.29 is 14.3 Å². The molecule has 0 unspecified atom stereocenters. The molecule has 5 nitrogen and oxygen atoms in total. The number of carbonyl (C=O) groups is 2. The Morgan fingerprint density at radius 3 is 2.66 bits per heavy atom. The quantitative estimate of drug-likeness (QED) is 0.590. The highest BCUT2D eigenvalue weighted by Gasteiger charge is 2.21. The number of anilines is 1. The Hall–Kier alpha value is -2.02. The molecule has 0 spiro atoms. The Morgan fingerprint density at radius 1 is 1.21 bits per heavy atom. The lowest BCUT2D eigenvalue weighted by Crippen LogP contribution is -2.33. The third-order valence-corrected chi connectivity index (χ3v) is 6.33. The first-order valence-electron chi connectivity index (χ1n) is 9.78. The van der Waals surface area contributed by atoms with Gasteiger partial charge in [-0.1, -0.05) is 30.7 Å². The molecule has 2 aromatic carbocycles. The molecule has 3 rings (SSSR count).